The largest absolute Gasteiger partial charge is 0.287 e. The molecule has 5 heteroatoms. The van der Waals surface area contributed by atoms with Crippen LogP contribution < -0.4 is 5.56 Å². The summed E-state index contributed by atoms with van der Waals surface area (Å²) < 4.78 is 1.86. The molecule has 1 aliphatic carbocycles. The average Bonchev–Trinajstić information content (AvgIpc) is 2.91. The van der Waals surface area contributed by atoms with E-state index < -0.39 is 0 Å². The Bertz CT molecular complexity index is 685. The van der Waals surface area contributed by atoms with Crippen LogP contribution in [0.15, 0.2) is 9.95 Å². The van der Waals surface area contributed by atoms with Crippen molar-refractivity contribution in [1.29, 1.82) is 0 Å². The molecule has 0 aromatic carbocycles. The van der Waals surface area contributed by atoms with E-state index in [0.29, 0.717) is 5.92 Å². The second kappa shape index (κ2) is 4.94. The Hall–Kier alpha value is -0.810. The van der Waals surface area contributed by atoms with Gasteiger partial charge in [-0.25, -0.2) is 4.98 Å². The van der Waals surface area contributed by atoms with Gasteiger partial charge in [-0.2, -0.15) is 0 Å². The summed E-state index contributed by atoms with van der Waals surface area (Å²) in [5.74, 6) is 0.453. The highest BCUT2D eigenvalue weighted by atomic mass is 32.2. The molecule has 0 unspecified atom stereocenters. The highest BCUT2D eigenvalue weighted by Gasteiger charge is 2.23. The van der Waals surface area contributed by atoms with Gasteiger partial charge in [0.25, 0.3) is 5.56 Å². The molecule has 2 aromatic heterocycles. The minimum atomic E-state index is 0.169. The number of aromatic nitrogens is 2. The topological polar surface area (TPSA) is 34.9 Å². The van der Waals surface area contributed by atoms with Crippen LogP contribution in [0.4, 0.5) is 0 Å². The van der Waals surface area contributed by atoms with Crippen LogP contribution in [0, 0.1) is 5.92 Å². The lowest BCUT2D eigenvalue weighted by atomic mass is 10.2. The first-order valence-corrected chi connectivity index (χ1v) is 8.75. The molecule has 2 aromatic rings. The van der Waals surface area contributed by atoms with Crippen molar-refractivity contribution in [2.45, 2.75) is 44.8 Å². The van der Waals surface area contributed by atoms with Gasteiger partial charge in [0.15, 0.2) is 5.16 Å². The third-order valence-electron chi connectivity index (χ3n) is 3.52. The number of thioether (sulfide) groups is 1. The molecule has 0 bridgehead atoms. The van der Waals surface area contributed by atoms with Gasteiger partial charge in [-0.1, -0.05) is 25.6 Å². The van der Waals surface area contributed by atoms with Gasteiger partial charge in [-0.3, -0.25) is 9.36 Å². The van der Waals surface area contributed by atoms with Crippen LogP contribution in [0.2, 0.25) is 0 Å². The second-order valence-electron chi connectivity index (χ2n) is 5.45. The molecule has 0 aliphatic heterocycles. The zero-order valence-electron chi connectivity index (χ0n) is 11.5. The molecule has 3 rings (SSSR count). The Labute approximate surface area is 121 Å². The number of hydrogen-bond acceptors (Lipinski definition) is 4. The fourth-order valence-electron chi connectivity index (χ4n) is 2.74. The summed E-state index contributed by atoms with van der Waals surface area (Å²) in [6, 6.07) is 0. The molecule has 3 nitrogen and oxygen atoms in total. The van der Waals surface area contributed by atoms with E-state index in [2.05, 4.69) is 13.8 Å². The highest BCUT2D eigenvalue weighted by molar-refractivity contribution is 7.98. The van der Waals surface area contributed by atoms with Gasteiger partial charge in [0.1, 0.15) is 4.83 Å². The van der Waals surface area contributed by atoms with Crippen molar-refractivity contribution in [3.05, 3.63) is 20.8 Å². The van der Waals surface area contributed by atoms with E-state index in [1.807, 2.05) is 10.8 Å². The second-order valence-corrected chi connectivity index (χ2v) is 7.30. The van der Waals surface area contributed by atoms with Gasteiger partial charge in [0.05, 0.1) is 5.39 Å². The molecule has 0 atom stereocenters. The van der Waals surface area contributed by atoms with Crippen molar-refractivity contribution in [1.82, 2.24) is 9.55 Å². The molecule has 0 N–H and O–H groups in total. The van der Waals surface area contributed by atoms with E-state index in [1.54, 1.807) is 23.1 Å². The lowest BCUT2D eigenvalue weighted by Crippen LogP contribution is -2.25. The normalized spacial score (nSPS) is 14.5. The maximum Gasteiger partial charge on any atom is 0.263 e. The quantitative estimate of drug-likeness (QED) is 0.643. The van der Waals surface area contributed by atoms with E-state index >= 15 is 0 Å². The van der Waals surface area contributed by atoms with Crippen LogP contribution in [-0.2, 0) is 19.4 Å². The molecule has 0 saturated heterocycles. The minimum Gasteiger partial charge on any atom is -0.287 e. The number of aryl methyl sites for hydroxylation is 2. The van der Waals surface area contributed by atoms with Crippen molar-refractivity contribution in [3.63, 3.8) is 0 Å². The van der Waals surface area contributed by atoms with E-state index in [9.17, 15) is 4.79 Å². The Kier molecular flexibility index (Phi) is 3.43. The lowest BCUT2D eigenvalue weighted by molar-refractivity contribution is 0.475. The van der Waals surface area contributed by atoms with Gasteiger partial charge in [-0.05, 0) is 37.0 Å². The Balaban J connectivity index is 2.29. The van der Waals surface area contributed by atoms with Crippen molar-refractivity contribution >= 4 is 33.3 Å². The summed E-state index contributed by atoms with van der Waals surface area (Å²) in [5.41, 5.74) is 1.45. The first kappa shape index (κ1) is 13.2. The number of hydrogen-bond donors (Lipinski definition) is 0. The van der Waals surface area contributed by atoms with Crippen molar-refractivity contribution < 1.29 is 0 Å². The van der Waals surface area contributed by atoms with E-state index in [1.165, 1.54) is 16.9 Å². The zero-order chi connectivity index (χ0) is 13.6. The molecule has 0 fully saturated rings. The predicted octanol–water partition coefficient (Wildman–Crippen LogP) is 3.32. The molecule has 2 heterocycles. The van der Waals surface area contributed by atoms with Gasteiger partial charge in [-0.15, -0.1) is 11.3 Å². The summed E-state index contributed by atoms with van der Waals surface area (Å²) in [7, 11) is 0. The van der Waals surface area contributed by atoms with Crippen molar-refractivity contribution in [2.75, 3.05) is 6.26 Å². The first-order valence-electron chi connectivity index (χ1n) is 6.71. The fourth-order valence-corrected chi connectivity index (χ4v) is 4.61. The standard InChI is InChI=1S/C14H18N2OS2/c1-8(2)7-16-13(17)11-9-5-4-6-10(9)19-12(11)15-14(16)18-3/h8H,4-7H2,1-3H3. The monoisotopic (exact) mass is 294 g/mol. The van der Waals surface area contributed by atoms with Crippen LogP contribution >= 0.6 is 23.1 Å². The van der Waals surface area contributed by atoms with E-state index in [4.69, 9.17) is 4.98 Å². The van der Waals surface area contributed by atoms with Gasteiger partial charge >= 0.3 is 0 Å². The van der Waals surface area contributed by atoms with Crippen molar-refractivity contribution in [2.24, 2.45) is 5.92 Å². The molecule has 0 radical (unpaired) electrons. The Morgan fingerprint density at radius 3 is 2.89 bits per heavy atom. The predicted molar refractivity (Wildman–Crippen MR) is 82.5 cm³/mol. The summed E-state index contributed by atoms with van der Waals surface area (Å²) in [6.07, 6.45) is 5.35. The van der Waals surface area contributed by atoms with E-state index in [0.717, 1.165) is 34.8 Å². The molecule has 1 aliphatic rings. The van der Waals surface area contributed by atoms with Crippen LogP contribution in [-0.4, -0.2) is 15.8 Å². The maximum atomic E-state index is 12.8. The number of fused-ring (bicyclic) bond motifs is 3. The number of thiophene rings is 1. The Morgan fingerprint density at radius 2 is 2.21 bits per heavy atom. The van der Waals surface area contributed by atoms with Gasteiger partial charge in [0, 0.05) is 11.4 Å². The number of rotatable bonds is 3. The molecular formula is C14H18N2OS2. The highest BCUT2D eigenvalue weighted by Crippen LogP contribution is 2.35. The van der Waals surface area contributed by atoms with Gasteiger partial charge in [0.2, 0.25) is 0 Å². The molecule has 0 spiro atoms. The molecule has 0 amide bonds. The molecule has 19 heavy (non-hydrogen) atoms. The zero-order valence-corrected chi connectivity index (χ0v) is 13.2. The lowest BCUT2D eigenvalue weighted by Gasteiger charge is -2.12. The van der Waals surface area contributed by atoms with Crippen LogP contribution in [0.1, 0.15) is 30.7 Å². The summed E-state index contributed by atoms with van der Waals surface area (Å²) in [4.78, 5) is 19.8. The fraction of sp³-hybridized carbons (Fsp3) is 0.571. The molecular weight excluding hydrogens is 276 g/mol. The van der Waals surface area contributed by atoms with E-state index in [-0.39, 0.29) is 5.56 Å². The van der Waals surface area contributed by atoms with Crippen LogP contribution in [0.3, 0.4) is 0 Å². The first-order chi connectivity index (χ1) is 9.11. The summed E-state index contributed by atoms with van der Waals surface area (Å²) in [6.45, 7) is 5.03. The summed E-state index contributed by atoms with van der Waals surface area (Å²) >= 11 is 3.29. The molecule has 102 valence electrons. The minimum absolute atomic E-state index is 0.169. The third kappa shape index (κ3) is 2.13. The van der Waals surface area contributed by atoms with Crippen molar-refractivity contribution in [3.8, 4) is 0 Å². The van der Waals surface area contributed by atoms with Crippen LogP contribution in [0.5, 0.6) is 0 Å². The smallest absolute Gasteiger partial charge is 0.263 e. The average molecular weight is 294 g/mol. The number of nitrogens with zero attached hydrogens (tertiary/aromatic N) is 2. The SMILES string of the molecule is CSc1nc2sc3c(c2c(=O)n1CC(C)C)CCC3. The maximum absolute atomic E-state index is 12.8. The Morgan fingerprint density at radius 1 is 1.42 bits per heavy atom. The van der Waals surface area contributed by atoms with Crippen LogP contribution in [0.25, 0.3) is 10.2 Å². The molecule has 0 saturated carbocycles. The van der Waals surface area contributed by atoms with Gasteiger partial charge < -0.3 is 0 Å². The summed E-state index contributed by atoms with van der Waals surface area (Å²) in [5, 5.41) is 1.75. The third-order valence-corrected chi connectivity index (χ3v) is 5.38.